The molecule has 162 valence electrons. The third-order valence-electron chi connectivity index (χ3n) is 6.18. The number of nitrogens with zero attached hydrogens (tertiary/aromatic N) is 2. The van der Waals surface area contributed by atoms with Gasteiger partial charge in [0.15, 0.2) is 0 Å². The summed E-state index contributed by atoms with van der Waals surface area (Å²) in [6.45, 7) is 19.0. The number of ether oxygens (including phenoxy) is 2. The number of carbonyl (C=O) groups is 1. The standard InChI is InChI=1S/C24H38N2O3/c1-8-24(6,7)16-26-13-14-28-20-15-18-9-11-25(22(27)29-23(3,4)5)12-10-19(18)17(2)21(20)26/h15H,8-14,16H2,1-7H3. The molecule has 0 atom stereocenters. The van der Waals surface area contributed by atoms with Crippen molar-refractivity contribution in [2.75, 3.05) is 37.7 Å². The van der Waals surface area contributed by atoms with E-state index < -0.39 is 5.60 Å². The minimum Gasteiger partial charge on any atom is -0.490 e. The molecule has 0 spiro atoms. The molecule has 0 aromatic heterocycles. The van der Waals surface area contributed by atoms with E-state index in [2.05, 4.69) is 38.7 Å². The molecule has 29 heavy (non-hydrogen) atoms. The Labute approximate surface area is 176 Å². The van der Waals surface area contributed by atoms with Crippen molar-refractivity contribution in [2.24, 2.45) is 5.41 Å². The summed E-state index contributed by atoms with van der Waals surface area (Å²) in [6.07, 6.45) is 2.63. The average Bonchev–Trinajstić information content (AvgIpc) is 2.83. The third-order valence-corrected chi connectivity index (χ3v) is 6.18. The molecule has 2 aliphatic heterocycles. The molecular weight excluding hydrogens is 364 g/mol. The van der Waals surface area contributed by atoms with Gasteiger partial charge in [-0.05, 0) is 75.1 Å². The summed E-state index contributed by atoms with van der Waals surface area (Å²) < 4.78 is 11.7. The quantitative estimate of drug-likeness (QED) is 0.716. The van der Waals surface area contributed by atoms with Crippen LogP contribution < -0.4 is 9.64 Å². The number of benzene rings is 1. The first kappa shape index (κ1) is 21.8. The van der Waals surface area contributed by atoms with Crippen LogP contribution in [0.4, 0.5) is 10.5 Å². The van der Waals surface area contributed by atoms with Crippen LogP contribution in [0.3, 0.4) is 0 Å². The van der Waals surface area contributed by atoms with Gasteiger partial charge in [0, 0.05) is 19.6 Å². The van der Waals surface area contributed by atoms with E-state index in [1.165, 1.54) is 22.4 Å². The molecule has 0 unspecified atom stereocenters. The summed E-state index contributed by atoms with van der Waals surface area (Å²) in [5.74, 6) is 1.00. The highest BCUT2D eigenvalue weighted by molar-refractivity contribution is 5.71. The summed E-state index contributed by atoms with van der Waals surface area (Å²) in [5.41, 5.74) is 5.05. The molecule has 2 heterocycles. The van der Waals surface area contributed by atoms with E-state index in [1.807, 2.05) is 25.7 Å². The molecule has 0 bridgehead atoms. The lowest BCUT2D eigenvalue weighted by Gasteiger charge is -2.39. The van der Waals surface area contributed by atoms with Crippen LogP contribution in [0.15, 0.2) is 6.07 Å². The molecule has 5 nitrogen and oxygen atoms in total. The Morgan fingerprint density at radius 3 is 2.48 bits per heavy atom. The highest BCUT2D eigenvalue weighted by atomic mass is 16.6. The normalized spacial score (nSPS) is 17.2. The Balaban J connectivity index is 1.86. The number of hydrogen-bond acceptors (Lipinski definition) is 4. The summed E-state index contributed by atoms with van der Waals surface area (Å²) in [5, 5.41) is 0. The first-order chi connectivity index (χ1) is 13.5. The molecule has 3 rings (SSSR count). The van der Waals surface area contributed by atoms with E-state index in [-0.39, 0.29) is 11.5 Å². The van der Waals surface area contributed by atoms with E-state index in [0.29, 0.717) is 13.1 Å². The summed E-state index contributed by atoms with van der Waals surface area (Å²) >= 11 is 0. The van der Waals surface area contributed by atoms with Crippen LogP contribution in [0.1, 0.15) is 64.7 Å². The van der Waals surface area contributed by atoms with E-state index in [4.69, 9.17) is 9.47 Å². The zero-order valence-electron chi connectivity index (χ0n) is 19.4. The highest BCUT2D eigenvalue weighted by Gasteiger charge is 2.30. The van der Waals surface area contributed by atoms with Crippen LogP contribution in [-0.2, 0) is 17.6 Å². The van der Waals surface area contributed by atoms with Crippen molar-refractivity contribution in [1.82, 2.24) is 4.90 Å². The van der Waals surface area contributed by atoms with Crippen LogP contribution in [0, 0.1) is 12.3 Å². The van der Waals surface area contributed by atoms with Gasteiger partial charge in [-0.15, -0.1) is 0 Å². The number of hydrogen-bond donors (Lipinski definition) is 0. The van der Waals surface area contributed by atoms with Crippen molar-refractivity contribution in [3.63, 3.8) is 0 Å². The predicted octanol–water partition coefficient (Wildman–Crippen LogP) is 4.97. The maximum Gasteiger partial charge on any atom is 0.410 e. The molecule has 0 fully saturated rings. The van der Waals surface area contributed by atoms with E-state index >= 15 is 0 Å². The maximum absolute atomic E-state index is 12.6. The fourth-order valence-corrected chi connectivity index (χ4v) is 4.24. The predicted molar refractivity (Wildman–Crippen MR) is 118 cm³/mol. The van der Waals surface area contributed by atoms with E-state index in [9.17, 15) is 4.79 Å². The first-order valence-electron chi connectivity index (χ1n) is 11.0. The second-order valence-corrected chi connectivity index (χ2v) is 10.2. The fourth-order valence-electron chi connectivity index (χ4n) is 4.24. The van der Waals surface area contributed by atoms with Crippen LogP contribution >= 0.6 is 0 Å². The summed E-state index contributed by atoms with van der Waals surface area (Å²) in [6, 6.07) is 2.22. The fraction of sp³-hybridized carbons (Fsp3) is 0.708. The molecule has 0 saturated heterocycles. The Kier molecular flexibility index (Phi) is 6.07. The van der Waals surface area contributed by atoms with Gasteiger partial charge in [0.1, 0.15) is 18.0 Å². The van der Waals surface area contributed by atoms with Gasteiger partial charge in [-0.3, -0.25) is 0 Å². The van der Waals surface area contributed by atoms with Crippen molar-refractivity contribution in [3.8, 4) is 5.75 Å². The summed E-state index contributed by atoms with van der Waals surface area (Å²) in [7, 11) is 0. The molecule has 1 aromatic rings. The highest BCUT2D eigenvalue weighted by Crippen LogP contribution is 2.41. The van der Waals surface area contributed by atoms with Gasteiger partial charge in [-0.2, -0.15) is 0 Å². The van der Waals surface area contributed by atoms with Crippen molar-refractivity contribution < 1.29 is 14.3 Å². The largest absolute Gasteiger partial charge is 0.490 e. The molecule has 5 heteroatoms. The van der Waals surface area contributed by atoms with Crippen molar-refractivity contribution in [1.29, 1.82) is 0 Å². The van der Waals surface area contributed by atoms with E-state index in [0.717, 1.165) is 44.7 Å². The van der Waals surface area contributed by atoms with Crippen LogP contribution in [0.25, 0.3) is 0 Å². The molecule has 2 aliphatic rings. The zero-order valence-corrected chi connectivity index (χ0v) is 19.4. The second kappa shape index (κ2) is 8.08. The van der Waals surface area contributed by atoms with Gasteiger partial charge in [0.2, 0.25) is 0 Å². The SMILES string of the molecule is CCC(C)(C)CN1CCOc2cc3c(c(C)c21)CCN(C(=O)OC(C)(C)C)CC3. The lowest BCUT2D eigenvalue weighted by molar-refractivity contribution is 0.0258. The topological polar surface area (TPSA) is 42.0 Å². The van der Waals surface area contributed by atoms with E-state index in [1.54, 1.807) is 0 Å². The maximum atomic E-state index is 12.6. The third kappa shape index (κ3) is 4.99. The monoisotopic (exact) mass is 402 g/mol. The number of fused-ring (bicyclic) bond motifs is 2. The lowest BCUT2D eigenvalue weighted by atomic mass is 9.88. The molecule has 1 aromatic carbocycles. The molecule has 0 aliphatic carbocycles. The molecule has 1 amide bonds. The number of anilines is 1. The second-order valence-electron chi connectivity index (χ2n) is 10.2. The van der Waals surface area contributed by atoms with Gasteiger partial charge in [-0.1, -0.05) is 20.8 Å². The number of rotatable bonds is 3. The summed E-state index contributed by atoms with van der Waals surface area (Å²) in [4.78, 5) is 16.9. The van der Waals surface area contributed by atoms with Crippen molar-refractivity contribution in [3.05, 3.63) is 22.8 Å². The Bertz CT molecular complexity index is 764. The number of carbonyl (C=O) groups excluding carboxylic acids is 1. The van der Waals surface area contributed by atoms with Crippen LogP contribution in [0.5, 0.6) is 5.75 Å². The van der Waals surface area contributed by atoms with Crippen LogP contribution in [-0.4, -0.2) is 49.4 Å². The smallest absolute Gasteiger partial charge is 0.410 e. The zero-order chi connectivity index (χ0) is 21.4. The van der Waals surface area contributed by atoms with Gasteiger partial charge >= 0.3 is 6.09 Å². The van der Waals surface area contributed by atoms with Crippen LogP contribution in [0.2, 0.25) is 0 Å². The Morgan fingerprint density at radius 1 is 1.14 bits per heavy atom. The molecule has 0 saturated carbocycles. The molecule has 0 radical (unpaired) electrons. The van der Waals surface area contributed by atoms with Gasteiger partial charge < -0.3 is 19.3 Å². The van der Waals surface area contributed by atoms with Gasteiger partial charge in [-0.25, -0.2) is 4.79 Å². The minimum absolute atomic E-state index is 0.213. The van der Waals surface area contributed by atoms with Crippen molar-refractivity contribution >= 4 is 11.8 Å². The van der Waals surface area contributed by atoms with Crippen molar-refractivity contribution in [2.45, 2.75) is 73.3 Å². The Hall–Kier alpha value is -1.91. The average molecular weight is 403 g/mol. The lowest BCUT2D eigenvalue weighted by Crippen LogP contribution is -2.40. The molecular formula is C24H38N2O3. The molecule has 0 N–H and O–H groups in total. The minimum atomic E-state index is -0.467. The first-order valence-corrected chi connectivity index (χ1v) is 11.0. The number of amides is 1. The Morgan fingerprint density at radius 2 is 1.83 bits per heavy atom. The van der Waals surface area contributed by atoms with Gasteiger partial charge in [0.05, 0.1) is 12.2 Å². The van der Waals surface area contributed by atoms with Gasteiger partial charge in [0.25, 0.3) is 0 Å².